The highest BCUT2D eigenvalue weighted by molar-refractivity contribution is 6.11. The number of H-pyrrole nitrogens is 1. The van der Waals surface area contributed by atoms with Gasteiger partial charge in [0.25, 0.3) is 0 Å². The summed E-state index contributed by atoms with van der Waals surface area (Å²) < 4.78 is 25.4. The molecule has 0 amide bonds. The molecule has 2 heterocycles. The number of aromatic amines is 1. The number of hydrogen-bond donors (Lipinski definition) is 2. The fourth-order valence-corrected chi connectivity index (χ4v) is 5.67. The van der Waals surface area contributed by atoms with Gasteiger partial charge in [0.05, 0.1) is 5.69 Å². The summed E-state index contributed by atoms with van der Waals surface area (Å²) in [6.45, 7) is 43.9. The van der Waals surface area contributed by atoms with Crippen LogP contribution in [-0.4, -0.2) is 53.0 Å². The number of fused-ring (bicyclic) bond motifs is 1. The Morgan fingerprint density at radius 1 is 0.836 bits per heavy atom. The van der Waals surface area contributed by atoms with E-state index < -0.39 is 0 Å². The van der Waals surface area contributed by atoms with Crippen LogP contribution >= 0.6 is 0 Å². The van der Waals surface area contributed by atoms with E-state index in [4.69, 9.17) is 20.0 Å². The smallest absolute Gasteiger partial charge is 0.210 e. The lowest BCUT2D eigenvalue weighted by Gasteiger charge is -2.34. The van der Waals surface area contributed by atoms with Crippen LogP contribution in [0, 0.1) is 24.6 Å². The molecule has 8 nitrogen and oxygen atoms in total. The van der Waals surface area contributed by atoms with E-state index in [0.717, 1.165) is 78.8 Å². The molecule has 4 aromatic rings. The molecule has 0 bridgehead atoms. The highest BCUT2D eigenvalue weighted by Gasteiger charge is 2.23. The molecule has 1 fully saturated rings. The van der Waals surface area contributed by atoms with Crippen molar-refractivity contribution in [2.45, 2.75) is 182 Å². The second-order valence-corrected chi connectivity index (χ2v) is 16.9. The van der Waals surface area contributed by atoms with Crippen LogP contribution in [0.3, 0.4) is 0 Å². The summed E-state index contributed by atoms with van der Waals surface area (Å²) in [7, 11) is 0. The summed E-state index contributed by atoms with van der Waals surface area (Å²) in [6, 6.07) is 19.0. The number of rotatable bonds is 12. The maximum Gasteiger partial charge on any atom is 0.210 e. The molecule has 0 saturated carbocycles. The van der Waals surface area contributed by atoms with E-state index in [1.165, 1.54) is 37.5 Å². The lowest BCUT2D eigenvalue weighted by atomic mass is 10.0. The normalized spacial score (nSPS) is 12.1. The maximum absolute atomic E-state index is 13.4. The van der Waals surface area contributed by atoms with E-state index in [1.54, 1.807) is 32.0 Å². The molecule has 9 heteroatoms. The molecular weight excluding hydrogens is 838 g/mol. The number of nitrogens with one attached hydrogen (secondary N) is 1. The second-order valence-electron chi connectivity index (χ2n) is 16.9. The summed E-state index contributed by atoms with van der Waals surface area (Å²) in [5.74, 6) is 2.71. The molecule has 1 aromatic heterocycles. The Bertz CT molecular complexity index is 1980. The van der Waals surface area contributed by atoms with Crippen molar-refractivity contribution in [3.63, 3.8) is 0 Å². The summed E-state index contributed by atoms with van der Waals surface area (Å²) in [4.78, 5) is 37.4. The van der Waals surface area contributed by atoms with Gasteiger partial charge in [-0.3, -0.25) is 9.59 Å². The molecule has 1 saturated heterocycles. The highest BCUT2D eigenvalue weighted by Crippen LogP contribution is 2.31. The third kappa shape index (κ3) is 27.4. The average molecular weight is 932 g/mol. The average Bonchev–Trinajstić information content (AvgIpc) is 3.72. The minimum atomic E-state index is -0.341. The number of Topliss-reactive ketones (excluding diaryl/α,β-unsaturated/α-hetero) is 2. The summed E-state index contributed by atoms with van der Waals surface area (Å²) in [5.41, 5.74) is 11.6. The number of unbranched alkanes of at least 4 members (excludes halogenated alkanes) is 1. The van der Waals surface area contributed by atoms with Gasteiger partial charge in [-0.05, 0) is 126 Å². The molecule has 67 heavy (non-hydrogen) atoms. The van der Waals surface area contributed by atoms with Gasteiger partial charge in [0.1, 0.15) is 29.7 Å². The number of aldehydes is 1. The molecule has 378 valence electrons. The van der Waals surface area contributed by atoms with E-state index in [0.29, 0.717) is 28.8 Å². The third-order valence-corrected chi connectivity index (χ3v) is 9.82. The number of nitrogens with two attached hydrogens (primary N) is 1. The fraction of sp³-hybridized carbons (Fsp3) is 0.534. The van der Waals surface area contributed by atoms with Crippen LogP contribution in [0.1, 0.15) is 177 Å². The highest BCUT2D eigenvalue weighted by atomic mass is 19.1. The van der Waals surface area contributed by atoms with Gasteiger partial charge < -0.3 is 29.9 Å². The van der Waals surface area contributed by atoms with Crippen molar-refractivity contribution in [3.05, 3.63) is 113 Å². The first-order valence-corrected chi connectivity index (χ1v) is 24.9. The first-order valence-electron chi connectivity index (χ1n) is 24.9. The zero-order chi connectivity index (χ0) is 52.2. The largest absolute Gasteiger partial charge is 0.490 e. The Hall–Kier alpha value is -5.02. The van der Waals surface area contributed by atoms with E-state index >= 15 is 0 Å². The molecule has 0 atom stereocenters. The van der Waals surface area contributed by atoms with Crippen LogP contribution in [0.4, 0.5) is 4.39 Å². The van der Waals surface area contributed by atoms with Gasteiger partial charge >= 0.3 is 0 Å². The number of carbonyl (C=O) groups is 3. The number of allylic oxidation sites excluding steroid dienone is 3. The first-order chi connectivity index (χ1) is 31.7. The van der Waals surface area contributed by atoms with Crippen LogP contribution in [0.2, 0.25) is 0 Å². The lowest BCUT2D eigenvalue weighted by molar-refractivity contribution is -0.119. The lowest BCUT2D eigenvalue weighted by Crippen LogP contribution is -2.41. The van der Waals surface area contributed by atoms with Gasteiger partial charge in [0.15, 0.2) is 11.6 Å². The molecule has 0 spiro atoms. The number of aromatic nitrogens is 1. The number of piperidine rings is 1. The molecule has 0 unspecified atom stereocenters. The first kappa shape index (κ1) is 66.3. The maximum atomic E-state index is 13.4. The van der Waals surface area contributed by atoms with E-state index in [-0.39, 0.29) is 35.2 Å². The van der Waals surface area contributed by atoms with Crippen molar-refractivity contribution >= 4 is 28.8 Å². The standard InChI is InChI=1S/C24H33N3O2.C15H15FO.C5H10O.2C4H10.C2H4O.2C2H6/c1-6-17-12-21-18(13-22(26-21)24(28)20(7-2)16(5)25)14-23(17)29-19-8-10-27(11-9-19)15(3)4;1-3-12-8-9-14(11(2)10-12)17-15-7-5-4-6-13(15)16;1-4(2)5(3)6;1-4(2)3;1-3-4-2;1-2-3;2*1-2/h7,12-15,19,26H,2,6,8-11,25H2,1,3-5H3;4-10H,3H2,1-2H3;4H,1-3H3;4H,1-3H3;3-4H2,1-2H3;2H,1H3;2*1-2H3/b20-16-;;;;;;;. The van der Waals surface area contributed by atoms with Gasteiger partial charge in [0.2, 0.25) is 5.78 Å². The molecular formula is C58H94FN3O5. The predicted molar refractivity (Wildman–Crippen MR) is 288 cm³/mol. The van der Waals surface area contributed by atoms with Crippen LogP contribution in [0.15, 0.2) is 84.6 Å². The summed E-state index contributed by atoms with van der Waals surface area (Å²) >= 11 is 0. The van der Waals surface area contributed by atoms with E-state index in [2.05, 4.69) is 97.0 Å². The van der Waals surface area contributed by atoms with Crippen molar-refractivity contribution in [2.24, 2.45) is 17.6 Å². The SMILES string of the molecule is C=C/C(C(=O)c1cc2cc(OC3CCN(C(C)C)CC3)c(CC)cc2[nH]1)=C(\C)N.CC.CC.CC(=O)C(C)C.CC(C)C.CC=O.CCCC.CCc1ccc(Oc2ccccc2F)c(C)c1. The second kappa shape index (κ2) is 39.0. The predicted octanol–water partition coefficient (Wildman–Crippen LogP) is 16.0. The molecule has 3 aromatic carbocycles. The summed E-state index contributed by atoms with van der Waals surface area (Å²) in [5, 5.41) is 0.971. The Morgan fingerprint density at radius 3 is 1.76 bits per heavy atom. The fourth-order valence-electron chi connectivity index (χ4n) is 5.67. The number of aryl methyl sites for hydroxylation is 3. The number of ketones is 2. The molecule has 3 N–H and O–H groups in total. The van der Waals surface area contributed by atoms with E-state index in [9.17, 15) is 14.0 Å². The molecule has 1 aliphatic heterocycles. The van der Waals surface area contributed by atoms with Gasteiger partial charge in [0, 0.05) is 47.2 Å². The van der Waals surface area contributed by atoms with Gasteiger partial charge in [-0.15, -0.1) is 0 Å². The van der Waals surface area contributed by atoms with Gasteiger partial charge in [-0.25, -0.2) is 4.39 Å². The molecule has 0 radical (unpaired) electrons. The van der Waals surface area contributed by atoms with Crippen LogP contribution in [0.25, 0.3) is 10.9 Å². The molecule has 1 aliphatic rings. The van der Waals surface area contributed by atoms with Crippen molar-refractivity contribution in [1.82, 2.24) is 9.88 Å². The minimum Gasteiger partial charge on any atom is -0.490 e. The van der Waals surface area contributed by atoms with Crippen molar-refractivity contribution in [2.75, 3.05) is 13.1 Å². The number of nitrogens with zero attached hydrogens (tertiary/aromatic N) is 1. The van der Waals surface area contributed by atoms with E-state index in [1.807, 2.05) is 66.7 Å². The molecule has 5 rings (SSSR count). The Balaban J connectivity index is -0.000000906. The third-order valence-electron chi connectivity index (χ3n) is 9.82. The van der Waals surface area contributed by atoms with Crippen LogP contribution in [0.5, 0.6) is 17.2 Å². The van der Waals surface area contributed by atoms with Gasteiger partial charge in [-0.2, -0.15) is 0 Å². The Kier molecular flexibility index (Phi) is 38.6. The van der Waals surface area contributed by atoms with Crippen molar-refractivity contribution < 1.29 is 28.2 Å². The van der Waals surface area contributed by atoms with Crippen LogP contribution < -0.4 is 15.2 Å². The number of hydrogen-bond acceptors (Lipinski definition) is 7. The zero-order valence-corrected chi connectivity index (χ0v) is 45.5. The number of halogens is 1. The van der Waals surface area contributed by atoms with Gasteiger partial charge in [-0.1, -0.05) is 140 Å². The topological polar surface area (TPSA) is 115 Å². The number of ether oxygens (including phenoxy) is 2. The minimum absolute atomic E-state index is 0.141. The number of carbonyl (C=O) groups excluding carboxylic acids is 3. The Labute approximate surface area is 408 Å². The van der Waals surface area contributed by atoms with Crippen molar-refractivity contribution in [1.29, 1.82) is 0 Å². The Morgan fingerprint density at radius 2 is 1.36 bits per heavy atom. The monoisotopic (exact) mass is 932 g/mol. The quantitative estimate of drug-likeness (QED) is 0.0629. The van der Waals surface area contributed by atoms with Crippen molar-refractivity contribution in [3.8, 4) is 17.2 Å². The number of para-hydroxylation sites is 1. The number of benzene rings is 3. The number of likely N-dealkylation sites (tertiary alicyclic amines) is 1. The zero-order valence-electron chi connectivity index (χ0n) is 45.5. The summed E-state index contributed by atoms with van der Waals surface area (Å²) in [6.07, 6.45) is 9.08. The van der Waals surface area contributed by atoms with Crippen LogP contribution in [-0.2, 0) is 22.4 Å². The molecule has 0 aliphatic carbocycles.